The molecule has 2 aromatic carbocycles. The van der Waals surface area contributed by atoms with Crippen LogP contribution in [0.25, 0.3) is 5.82 Å². The molecule has 0 radical (unpaired) electrons. The number of benzene rings is 2. The van der Waals surface area contributed by atoms with E-state index in [1.54, 1.807) is 43.5 Å². The second-order valence-corrected chi connectivity index (χ2v) is 6.41. The lowest BCUT2D eigenvalue weighted by atomic mass is 10.1. The highest BCUT2D eigenvalue weighted by molar-refractivity contribution is 6.06. The summed E-state index contributed by atoms with van der Waals surface area (Å²) in [6.45, 7) is 0. The maximum atomic E-state index is 12.9. The smallest absolute Gasteiger partial charge is 0.270 e. The average molecular weight is 432 g/mol. The average Bonchev–Trinajstić information content (AvgIpc) is 3.35. The maximum absolute atomic E-state index is 12.9. The monoisotopic (exact) mass is 432 g/mol. The van der Waals surface area contributed by atoms with Crippen molar-refractivity contribution in [2.24, 2.45) is 0 Å². The summed E-state index contributed by atoms with van der Waals surface area (Å²) >= 11 is 0. The predicted molar refractivity (Wildman–Crippen MR) is 113 cm³/mol. The van der Waals surface area contributed by atoms with E-state index in [-0.39, 0.29) is 17.0 Å². The van der Waals surface area contributed by atoms with Crippen LogP contribution in [0.1, 0.15) is 10.4 Å². The third-order valence-electron chi connectivity index (χ3n) is 4.37. The van der Waals surface area contributed by atoms with Crippen LogP contribution in [0, 0.1) is 10.1 Å². The van der Waals surface area contributed by atoms with Crippen LogP contribution < -0.4 is 14.8 Å². The van der Waals surface area contributed by atoms with Gasteiger partial charge in [-0.25, -0.2) is 14.6 Å². The zero-order valence-corrected chi connectivity index (χ0v) is 16.7. The van der Waals surface area contributed by atoms with Gasteiger partial charge in [-0.3, -0.25) is 14.9 Å². The fourth-order valence-corrected chi connectivity index (χ4v) is 2.79. The third kappa shape index (κ3) is 4.51. The molecule has 0 unspecified atom stereocenters. The van der Waals surface area contributed by atoms with Crippen molar-refractivity contribution < 1.29 is 19.2 Å². The SMILES string of the molecule is COc1ccc(Oc2ccc([N+](=O)[O-])cc2C(=O)Nc2ccc(-n3cncn3)nc2)cc1. The van der Waals surface area contributed by atoms with Crippen molar-refractivity contribution >= 4 is 17.3 Å². The molecule has 0 aliphatic rings. The van der Waals surface area contributed by atoms with E-state index in [4.69, 9.17) is 9.47 Å². The van der Waals surface area contributed by atoms with Crippen molar-refractivity contribution in [2.75, 3.05) is 12.4 Å². The summed E-state index contributed by atoms with van der Waals surface area (Å²) in [4.78, 5) is 31.6. The lowest BCUT2D eigenvalue weighted by Gasteiger charge is -2.12. The fraction of sp³-hybridized carbons (Fsp3) is 0.0476. The van der Waals surface area contributed by atoms with Crippen molar-refractivity contribution in [1.29, 1.82) is 0 Å². The Labute approximate surface area is 181 Å². The first kappa shape index (κ1) is 20.5. The van der Waals surface area contributed by atoms with E-state index < -0.39 is 10.8 Å². The highest BCUT2D eigenvalue weighted by Crippen LogP contribution is 2.30. The Hall–Kier alpha value is -4.80. The first-order valence-corrected chi connectivity index (χ1v) is 9.26. The minimum atomic E-state index is -0.590. The van der Waals surface area contributed by atoms with E-state index in [2.05, 4.69) is 20.4 Å². The zero-order chi connectivity index (χ0) is 22.5. The molecule has 2 heterocycles. The number of non-ortho nitro benzene ring substituents is 1. The first-order chi connectivity index (χ1) is 15.5. The number of methoxy groups -OCH3 is 1. The molecule has 4 aromatic rings. The quantitative estimate of drug-likeness (QED) is 0.346. The molecule has 0 atom stereocenters. The third-order valence-corrected chi connectivity index (χ3v) is 4.37. The molecule has 11 nitrogen and oxygen atoms in total. The number of nitrogens with one attached hydrogen (secondary N) is 1. The summed E-state index contributed by atoms with van der Waals surface area (Å²) in [5, 5.41) is 17.9. The standard InChI is InChI=1S/C21H16N6O5/c1-31-16-4-6-17(7-5-16)32-19-8-3-15(27(29)30)10-18(19)21(28)25-14-2-9-20(23-11-14)26-13-22-12-24-26/h2-13H,1H3,(H,25,28). The number of amides is 1. The normalized spacial score (nSPS) is 10.4. The number of hydrogen-bond acceptors (Lipinski definition) is 8. The molecule has 11 heteroatoms. The van der Waals surface area contributed by atoms with Gasteiger partial charge in [0.2, 0.25) is 0 Å². The first-order valence-electron chi connectivity index (χ1n) is 9.26. The molecular weight excluding hydrogens is 416 g/mol. The highest BCUT2D eigenvalue weighted by Gasteiger charge is 2.19. The molecule has 0 aliphatic carbocycles. The number of pyridine rings is 1. The lowest BCUT2D eigenvalue weighted by molar-refractivity contribution is -0.384. The molecule has 0 saturated heterocycles. The van der Waals surface area contributed by atoms with Crippen LogP contribution in [-0.4, -0.2) is 37.7 Å². The van der Waals surface area contributed by atoms with Gasteiger partial charge >= 0.3 is 0 Å². The van der Waals surface area contributed by atoms with Gasteiger partial charge in [0.05, 0.1) is 29.5 Å². The fourth-order valence-electron chi connectivity index (χ4n) is 2.79. The Kier molecular flexibility index (Phi) is 5.70. The Morgan fingerprint density at radius 2 is 1.88 bits per heavy atom. The Balaban J connectivity index is 1.59. The molecule has 0 aliphatic heterocycles. The predicted octanol–water partition coefficient (Wildman–Crippen LogP) is 3.62. The van der Waals surface area contributed by atoms with Crippen LogP contribution >= 0.6 is 0 Å². The minimum absolute atomic E-state index is 0.00429. The van der Waals surface area contributed by atoms with Crippen LogP contribution in [0.5, 0.6) is 17.2 Å². The molecule has 0 saturated carbocycles. The highest BCUT2D eigenvalue weighted by atomic mass is 16.6. The van der Waals surface area contributed by atoms with E-state index >= 15 is 0 Å². The van der Waals surface area contributed by atoms with Crippen LogP contribution in [0.3, 0.4) is 0 Å². The molecule has 0 spiro atoms. The van der Waals surface area contributed by atoms with E-state index in [0.717, 1.165) is 6.07 Å². The summed E-state index contributed by atoms with van der Waals surface area (Å²) in [6, 6.07) is 13.8. The number of nitro benzene ring substituents is 1. The van der Waals surface area contributed by atoms with Crippen molar-refractivity contribution in [3.63, 3.8) is 0 Å². The Morgan fingerprint density at radius 1 is 1.09 bits per heavy atom. The van der Waals surface area contributed by atoms with Gasteiger partial charge in [-0.05, 0) is 42.5 Å². The van der Waals surface area contributed by atoms with Gasteiger partial charge in [-0.2, -0.15) is 5.10 Å². The van der Waals surface area contributed by atoms with Crippen molar-refractivity contribution in [3.8, 4) is 23.1 Å². The molecule has 32 heavy (non-hydrogen) atoms. The van der Waals surface area contributed by atoms with Gasteiger partial charge in [-0.15, -0.1) is 0 Å². The molecule has 1 N–H and O–H groups in total. The summed E-state index contributed by atoms with van der Waals surface area (Å²) in [5.74, 6) is 1.16. The second kappa shape index (κ2) is 8.92. The molecule has 0 fully saturated rings. The van der Waals surface area contributed by atoms with Crippen molar-refractivity contribution in [3.05, 3.63) is 89.1 Å². The van der Waals surface area contributed by atoms with E-state index in [1.165, 1.54) is 35.7 Å². The van der Waals surface area contributed by atoms with Crippen LogP contribution in [0.4, 0.5) is 11.4 Å². The van der Waals surface area contributed by atoms with E-state index in [9.17, 15) is 14.9 Å². The zero-order valence-electron chi connectivity index (χ0n) is 16.7. The van der Waals surface area contributed by atoms with Crippen molar-refractivity contribution in [1.82, 2.24) is 19.7 Å². The topological polar surface area (TPSA) is 134 Å². The van der Waals surface area contributed by atoms with Gasteiger partial charge in [0.1, 0.15) is 29.9 Å². The number of aromatic nitrogens is 4. The summed E-state index contributed by atoms with van der Waals surface area (Å²) in [5.41, 5.74) is 0.146. The number of hydrogen-bond donors (Lipinski definition) is 1. The van der Waals surface area contributed by atoms with Gasteiger partial charge in [0.15, 0.2) is 5.82 Å². The number of carbonyl (C=O) groups is 1. The van der Waals surface area contributed by atoms with Gasteiger partial charge in [-0.1, -0.05) is 0 Å². The number of nitro groups is 1. The number of carbonyl (C=O) groups excluding carboxylic acids is 1. The number of ether oxygens (including phenoxy) is 2. The minimum Gasteiger partial charge on any atom is -0.497 e. The van der Waals surface area contributed by atoms with Crippen LogP contribution in [-0.2, 0) is 0 Å². The largest absolute Gasteiger partial charge is 0.497 e. The number of nitrogens with zero attached hydrogens (tertiary/aromatic N) is 5. The van der Waals surface area contributed by atoms with Gasteiger partial charge in [0, 0.05) is 12.1 Å². The molecule has 2 aromatic heterocycles. The van der Waals surface area contributed by atoms with E-state index in [1.807, 2.05) is 0 Å². The molecular formula is C21H16N6O5. The summed E-state index contributed by atoms with van der Waals surface area (Å²) in [7, 11) is 1.54. The molecule has 0 bridgehead atoms. The Bertz CT molecular complexity index is 1240. The summed E-state index contributed by atoms with van der Waals surface area (Å²) in [6.07, 6.45) is 4.31. The van der Waals surface area contributed by atoms with E-state index in [0.29, 0.717) is 23.0 Å². The summed E-state index contributed by atoms with van der Waals surface area (Å²) < 4.78 is 12.4. The number of rotatable bonds is 7. The number of anilines is 1. The second-order valence-electron chi connectivity index (χ2n) is 6.41. The molecule has 4 rings (SSSR count). The lowest BCUT2D eigenvalue weighted by Crippen LogP contribution is -2.14. The van der Waals surface area contributed by atoms with Crippen LogP contribution in [0.2, 0.25) is 0 Å². The van der Waals surface area contributed by atoms with Crippen LogP contribution in [0.15, 0.2) is 73.4 Å². The van der Waals surface area contributed by atoms with Gasteiger partial charge in [0.25, 0.3) is 11.6 Å². The Morgan fingerprint density at radius 3 is 2.50 bits per heavy atom. The van der Waals surface area contributed by atoms with Crippen molar-refractivity contribution in [2.45, 2.75) is 0 Å². The maximum Gasteiger partial charge on any atom is 0.270 e. The molecule has 160 valence electrons. The molecule has 1 amide bonds. The van der Waals surface area contributed by atoms with Gasteiger partial charge < -0.3 is 14.8 Å².